The summed E-state index contributed by atoms with van der Waals surface area (Å²) in [6, 6.07) is 10.2. The van der Waals surface area contributed by atoms with Crippen LogP contribution in [0.4, 0.5) is 0 Å². The molecule has 1 heterocycles. The molecule has 0 fully saturated rings. The molecule has 0 aliphatic heterocycles. The highest BCUT2D eigenvalue weighted by molar-refractivity contribution is 7.11. The van der Waals surface area contributed by atoms with Crippen LogP contribution in [0.25, 0.3) is 0 Å². The van der Waals surface area contributed by atoms with Gasteiger partial charge in [0.25, 0.3) is 0 Å². The average molecular weight is 277 g/mol. The monoisotopic (exact) mass is 277 g/mol. The average Bonchev–Trinajstić information content (AvgIpc) is 2.84. The van der Waals surface area contributed by atoms with Crippen LogP contribution >= 0.6 is 11.3 Å². The van der Waals surface area contributed by atoms with Crippen molar-refractivity contribution >= 4 is 11.3 Å². The molecular weight excluding hydrogens is 258 g/mol. The van der Waals surface area contributed by atoms with Crippen LogP contribution in [-0.2, 0) is 13.1 Å². The van der Waals surface area contributed by atoms with Crippen molar-refractivity contribution in [1.82, 2.24) is 5.32 Å². The van der Waals surface area contributed by atoms with Crippen LogP contribution in [0, 0.1) is 6.92 Å². The van der Waals surface area contributed by atoms with Gasteiger partial charge in [-0.2, -0.15) is 0 Å². The van der Waals surface area contributed by atoms with Crippen LogP contribution < -0.4 is 14.8 Å². The van der Waals surface area contributed by atoms with E-state index in [1.807, 2.05) is 29.5 Å². The highest BCUT2D eigenvalue weighted by atomic mass is 32.1. The molecule has 0 amide bonds. The van der Waals surface area contributed by atoms with E-state index >= 15 is 0 Å². The minimum Gasteiger partial charge on any atom is -0.497 e. The van der Waals surface area contributed by atoms with Crippen molar-refractivity contribution < 1.29 is 9.47 Å². The maximum absolute atomic E-state index is 5.38. The Morgan fingerprint density at radius 1 is 1.05 bits per heavy atom. The Morgan fingerprint density at radius 3 is 2.53 bits per heavy atom. The lowest BCUT2D eigenvalue weighted by Crippen LogP contribution is -2.12. The molecule has 1 N–H and O–H groups in total. The van der Waals surface area contributed by atoms with Crippen molar-refractivity contribution in [2.75, 3.05) is 14.2 Å². The molecule has 4 heteroatoms. The minimum absolute atomic E-state index is 0.782. The second-order valence-electron chi connectivity index (χ2n) is 4.29. The van der Waals surface area contributed by atoms with Crippen molar-refractivity contribution in [3.05, 3.63) is 45.6 Å². The molecular formula is C15H19NO2S. The maximum atomic E-state index is 5.38. The number of hydrogen-bond acceptors (Lipinski definition) is 4. The summed E-state index contributed by atoms with van der Waals surface area (Å²) in [6.07, 6.45) is 0. The van der Waals surface area contributed by atoms with Crippen LogP contribution in [0.2, 0.25) is 0 Å². The van der Waals surface area contributed by atoms with Gasteiger partial charge in [0, 0.05) is 34.5 Å². The van der Waals surface area contributed by atoms with E-state index in [0.29, 0.717) is 0 Å². The van der Waals surface area contributed by atoms with E-state index in [4.69, 9.17) is 9.47 Å². The Kier molecular flexibility index (Phi) is 4.82. The molecule has 0 aliphatic rings. The molecule has 0 radical (unpaired) electrons. The molecule has 0 unspecified atom stereocenters. The van der Waals surface area contributed by atoms with Gasteiger partial charge in [-0.1, -0.05) is 6.07 Å². The first-order chi connectivity index (χ1) is 9.22. The second-order valence-corrected chi connectivity index (χ2v) is 5.67. The van der Waals surface area contributed by atoms with E-state index in [9.17, 15) is 0 Å². The summed E-state index contributed by atoms with van der Waals surface area (Å²) >= 11 is 1.83. The van der Waals surface area contributed by atoms with Gasteiger partial charge in [0.1, 0.15) is 11.5 Å². The quantitative estimate of drug-likeness (QED) is 0.878. The molecule has 2 rings (SSSR count). The third-order valence-corrected chi connectivity index (χ3v) is 3.91. The van der Waals surface area contributed by atoms with Crippen molar-refractivity contribution in [1.29, 1.82) is 0 Å². The normalized spacial score (nSPS) is 10.5. The first kappa shape index (κ1) is 13.9. The largest absolute Gasteiger partial charge is 0.497 e. The minimum atomic E-state index is 0.782. The summed E-state index contributed by atoms with van der Waals surface area (Å²) < 4.78 is 10.6. The molecule has 102 valence electrons. The Labute approximate surface area is 118 Å². The summed E-state index contributed by atoms with van der Waals surface area (Å²) in [6.45, 7) is 3.79. The van der Waals surface area contributed by atoms with Gasteiger partial charge in [0.2, 0.25) is 0 Å². The van der Waals surface area contributed by atoms with Gasteiger partial charge in [0.15, 0.2) is 0 Å². The highest BCUT2D eigenvalue weighted by Gasteiger charge is 2.05. The Morgan fingerprint density at radius 2 is 1.89 bits per heavy atom. The number of aryl methyl sites for hydroxylation is 1. The predicted octanol–water partition coefficient (Wildman–Crippen LogP) is 3.36. The van der Waals surface area contributed by atoms with Gasteiger partial charge in [-0.05, 0) is 25.1 Å². The molecule has 0 saturated heterocycles. The molecule has 2 aromatic rings. The first-order valence-corrected chi connectivity index (χ1v) is 7.01. The van der Waals surface area contributed by atoms with Gasteiger partial charge in [-0.15, -0.1) is 11.3 Å². The van der Waals surface area contributed by atoms with Crippen molar-refractivity contribution in [3.63, 3.8) is 0 Å². The van der Waals surface area contributed by atoms with E-state index in [1.165, 1.54) is 9.75 Å². The van der Waals surface area contributed by atoms with E-state index in [-0.39, 0.29) is 0 Å². The standard InChI is InChI=1S/C15H19NO2S/c1-11-4-7-14(19-11)10-16-9-12-5-6-13(17-2)8-15(12)18-3/h4-8,16H,9-10H2,1-3H3. The lowest BCUT2D eigenvalue weighted by Gasteiger charge is -2.10. The number of thiophene rings is 1. The topological polar surface area (TPSA) is 30.5 Å². The van der Waals surface area contributed by atoms with Gasteiger partial charge in [-0.3, -0.25) is 0 Å². The van der Waals surface area contributed by atoms with E-state index in [0.717, 1.165) is 30.2 Å². The van der Waals surface area contributed by atoms with Gasteiger partial charge < -0.3 is 14.8 Å². The molecule has 0 bridgehead atoms. The number of benzene rings is 1. The zero-order chi connectivity index (χ0) is 13.7. The molecule has 3 nitrogen and oxygen atoms in total. The third-order valence-electron chi connectivity index (χ3n) is 2.90. The fraction of sp³-hybridized carbons (Fsp3) is 0.333. The van der Waals surface area contributed by atoms with Crippen molar-refractivity contribution in [2.45, 2.75) is 20.0 Å². The lowest BCUT2D eigenvalue weighted by atomic mass is 10.2. The predicted molar refractivity (Wildman–Crippen MR) is 79.1 cm³/mol. The van der Waals surface area contributed by atoms with E-state index in [1.54, 1.807) is 14.2 Å². The number of ether oxygens (including phenoxy) is 2. The van der Waals surface area contributed by atoms with Crippen molar-refractivity contribution in [3.8, 4) is 11.5 Å². The van der Waals surface area contributed by atoms with E-state index in [2.05, 4.69) is 24.4 Å². The summed E-state index contributed by atoms with van der Waals surface area (Å²) in [5.41, 5.74) is 1.14. The Bertz CT molecular complexity index is 537. The second kappa shape index (κ2) is 6.59. The van der Waals surface area contributed by atoms with Gasteiger partial charge in [-0.25, -0.2) is 0 Å². The zero-order valence-corrected chi connectivity index (χ0v) is 12.3. The van der Waals surface area contributed by atoms with Crippen LogP contribution in [0.1, 0.15) is 15.3 Å². The number of hydrogen-bond donors (Lipinski definition) is 1. The number of methoxy groups -OCH3 is 2. The van der Waals surface area contributed by atoms with E-state index < -0.39 is 0 Å². The SMILES string of the molecule is COc1ccc(CNCc2ccc(C)s2)c(OC)c1. The molecule has 1 aromatic carbocycles. The molecule has 0 spiro atoms. The Hall–Kier alpha value is -1.52. The third kappa shape index (κ3) is 3.72. The maximum Gasteiger partial charge on any atom is 0.127 e. The van der Waals surface area contributed by atoms with Crippen LogP contribution in [-0.4, -0.2) is 14.2 Å². The fourth-order valence-electron chi connectivity index (χ4n) is 1.90. The van der Waals surface area contributed by atoms with Crippen LogP contribution in [0.5, 0.6) is 11.5 Å². The molecule has 0 atom stereocenters. The first-order valence-electron chi connectivity index (χ1n) is 6.20. The highest BCUT2D eigenvalue weighted by Crippen LogP contribution is 2.24. The lowest BCUT2D eigenvalue weighted by molar-refractivity contribution is 0.390. The summed E-state index contributed by atoms with van der Waals surface area (Å²) in [7, 11) is 3.34. The smallest absolute Gasteiger partial charge is 0.127 e. The number of rotatable bonds is 6. The molecule has 1 aromatic heterocycles. The molecule has 19 heavy (non-hydrogen) atoms. The van der Waals surface area contributed by atoms with Crippen molar-refractivity contribution in [2.24, 2.45) is 0 Å². The summed E-state index contributed by atoms with van der Waals surface area (Å²) in [4.78, 5) is 2.70. The molecule has 0 saturated carbocycles. The zero-order valence-electron chi connectivity index (χ0n) is 11.5. The Balaban J connectivity index is 1.95. The summed E-state index contributed by atoms with van der Waals surface area (Å²) in [5.74, 6) is 1.67. The van der Waals surface area contributed by atoms with Gasteiger partial charge in [0.05, 0.1) is 14.2 Å². The van der Waals surface area contributed by atoms with Gasteiger partial charge >= 0.3 is 0 Å². The van der Waals surface area contributed by atoms with Crippen LogP contribution in [0.3, 0.4) is 0 Å². The summed E-state index contributed by atoms with van der Waals surface area (Å²) in [5, 5.41) is 3.43. The fourth-order valence-corrected chi connectivity index (χ4v) is 2.76. The number of nitrogens with one attached hydrogen (secondary N) is 1. The van der Waals surface area contributed by atoms with Crippen LogP contribution in [0.15, 0.2) is 30.3 Å². The molecule has 0 aliphatic carbocycles.